The third-order valence-corrected chi connectivity index (χ3v) is 6.29. The molecule has 0 radical (unpaired) electrons. The maximum Gasteiger partial charge on any atom is 0.420 e. The smallest absolute Gasteiger partial charge is 0.420 e. The zero-order valence-electron chi connectivity index (χ0n) is 17.8. The number of alkyl halides is 2. The Labute approximate surface area is 196 Å². The molecule has 6 rings (SSSR count). The Bertz CT molecular complexity index is 1240. The van der Waals surface area contributed by atoms with Gasteiger partial charge >= 0.3 is 6.08 Å². The normalized spacial score (nSPS) is 23.0. The maximum absolute atomic E-state index is 13.5. The molecule has 8 nitrogen and oxygen atoms in total. The Balaban J connectivity index is 1.14. The van der Waals surface area contributed by atoms with E-state index in [1.54, 1.807) is 0 Å². The van der Waals surface area contributed by atoms with Gasteiger partial charge in [-0.3, -0.25) is 9.78 Å². The molecular formula is C22H18ClF3N4O4. The van der Waals surface area contributed by atoms with Gasteiger partial charge in [0.25, 0.3) is 11.8 Å². The Hall–Kier alpha value is -3.34. The summed E-state index contributed by atoms with van der Waals surface area (Å²) in [6.45, 7) is 0.498. The van der Waals surface area contributed by atoms with E-state index >= 15 is 0 Å². The number of carbonyl (C=O) groups is 1. The lowest BCUT2D eigenvalue weighted by Crippen LogP contribution is -2.77. The minimum Gasteiger partial charge on any atom is -0.484 e. The van der Waals surface area contributed by atoms with Gasteiger partial charge < -0.3 is 19.2 Å². The molecule has 1 N–H and O–H groups in total. The van der Waals surface area contributed by atoms with Crippen LogP contribution in [0.25, 0.3) is 0 Å². The summed E-state index contributed by atoms with van der Waals surface area (Å²) in [5, 5.41) is 10.8. The first-order valence-electron chi connectivity index (χ1n) is 10.3. The topological polar surface area (TPSA) is 99.4 Å². The van der Waals surface area contributed by atoms with E-state index in [0.29, 0.717) is 25.2 Å². The Morgan fingerprint density at radius 1 is 1.21 bits per heavy atom. The lowest BCUT2D eigenvalue weighted by Gasteiger charge is -2.68. The minimum absolute atomic E-state index is 0.0294. The number of benzene rings is 1. The zero-order valence-corrected chi connectivity index (χ0v) is 18.5. The molecule has 3 fully saturated rings. The molecule has 1 aromatic carbocycles. The Kier molecular flexibility index (Phi) is 5.19. The summed E-state index contributed by atoms with van der Waals surface area (Å²) in [6, 6.07) is 5.09. The van der Waals surface area contributed by atoms with Crippen LogP contribution in [0.4, 0.5) is 13.2 Å². The van der Waals surface area contributed by atoms with Gasteiger partial charge in [-0.1, -0.05) is 16.7 Å². The average Bonchev–Trinajstić information content (AvgIpc) is 3.18. The van der Waals surface area contributed by atoms with Crippen molar-refractivity contribution in [2.75, 3.05) is 6.61 Å². The zero-order chi connectivity index (χ0) is 24.1. The van der Waals surface area contributed by atoms with E-state index in [1.807, 2.05) is 0 Å². The number of carbonyl (C=O) groups excluding carboxylic acids is 1. The SMILES string of the molecule is CC(F)(F)c1cncc(Oc2nnc(C34CC(NC(=O)COc5ccc(Cl)c(F)c5)(C3)C4)o2)c1. The number of ether oxygens (including phenoxy) is 2. The van der Waals surface area contributed by atoms with Crippen LogP contribution in [-0.4, -0.2) is 33.2 Å². The van der Waals surface area contributed by atoms with Gasteiger partial charge in [0.15, 0.2) is 12.4 Å². The lowest BCUT2D eigenvalue weighted by molar-refractivity contribution is -0.143. The van der Waals surface area contributed by atoms with Gasteiger partial charge in [-0.05, 0) is 37.5 Å². The molecule has 0 unspecified atom stereocenters. The van der Waals surface area contributed by atoms with Crippen LogP contribution in [-0.2, 0) is 16.1 Å². The summed E-state index contributed by atoms with van der Waals surface area (Å²) in [5.74, 6) is -3.41. The number of hydrogen-bond donors (Lipinski definition) is 1. The second kappa shape index (κ2) is 7.86. The fraction of sp³-hybridized carbons (Fsp3) is 0.364. The van der Waals surface area contributed by atoms with Crippen LogP contribution >= 0.6 is 11.6 Å². The molecule has 12 heteroatoms. The highest BCUT2D eigenvalue weighted by atomic mass is 35.5. The number of nitrogens with zero attached hydrogens (tertiary/aromatic N) is 3. The number of aromatic nitrogens is 3. The monoisotopic (exact) mass is 494 g/mol. The fourth-order valence-corrected chi connectivity index (χ4v) is 4.59. The number of amides is 1. The third kappa shape index (κ3) is 4.15. The first-order chi connectivity index (χ1) is 16.1. The van der Waals surface area contributed by atoms with Crippen molar-refractivity contribution in [3.63, 3.8) is 0 Å². The van der Waals surface area contributed by atoms with Crippen molar-refractivity contribution < 1.29 is 31.9 Å². The van der Waals surface area contributed by atoms with E-state index in [9.17, 15) is 18.0 Å². The molecule has 2 aromatic heterocycles. The number of rotatable bonds is 8. The van der Waals surface area contributed by atoms with E-state index in [-0.39, 0.29) is 51.6 Å². The van der Waals surface area contributed by atoms with Crippen LogP contribution in [0.5, 0.6) is 17.6 Å². The summed E-state index contributed by atoms with van der Waals surface area (Å²) in [6.07, 6.45) is 3.94. The minimum atomic E-state index is -3.06. The quantitative estimate of drug-likeness (QED) is 0.491. The van der Waals surface area contributed by atoms with E-state index in [4.69, 9.17) is 25.5 Å². The summed E-state index contributed by atoms with van der Waals surface area (Å²) >= 11 is 5.63. The molecule has 0 aliphatic heterocycles. The van der Waals surface area contributed by atoms with Crippen molar-refractivity contribution in [3.05, 3.63) is 59.0 Å². The van der Waals surface area contributed by atoms with Gasteiger partial charge in [-0.25, -0.2) is 13.2 Å². The third-order valence-electron chi connectivity index (χ3n) is 5.98. The second-order valence-corrected chi connectivity index (χ2v) is 9.18. The first kappa shape index (κ1) is 22.5. The van der Waals surface area contributed by atoms with Crippen LogP contribution in [0.2, 0.25) is 5.02 Å². The summed E-state index contributed by atoms with van der Waals surface area (Å²) in [5.41, 5.74) is -1.04. The van der Waals surface area contributed by atoms with Crippen LogP contribution in [0.3, 0.4) is 0 Å². The highest BCUT2D eigenvalue weighted by Crippen LogP contribution is 2.67. The van der Waals surface area contributed by atoms with Crippen molar-refractivity contribution in [1.82, 2.24) is 20.5 Å². The molecular weight excluding hydrogens is 477 g/mol. The predicted octanol–water partition coefficient (Wildman–Crippen LogP) is 4.53. The largest absolute Gasteiger partial charge is 0.484 e. The summed E-state index contributed by atoms with van der Waals surface area (Å²) in [7, 11) is 0. The second-order valence-electron chi connectivity index (χ2n) is 8.78. The summed E-state index contributed by atoms with van der Waals surface area (Å²) in [4.78, 5) is 16.0. The highest BCUT2D eigenvalue weighted by Gasteiger charge is 2.71. The molecule has 3 aliphatic rings. The molecule has 0 saturated heterocycles. The Morgan fingerprint density at radius 2 is 1.97 bits per heavy atom. The van der Waals surface area contributed by atoms with E-state index in [0.717, 1.165) is 25.3 Å². The van der Waals surface area contributed by atoms with Crippen LogP contribution in [0.1, 0.15) is 37.6 Å². The van der Waals surface area contributed by atoms with Gasteiger partial charge in [0.05, 0.1) is 16.6 Å². The van der Waals surface area contributed by atoms with E-state index in [1.165, 1.54) is 18.3 Å². The number of pyridine rings is 1. The average molecular weight is 495 g/mol. The molecule has 0 spiro atoms. The molecule has 3 saturated carbocycles. The molecule has 1 amide bonds. The van der Waals surface area contributed by atoms with Gasteiger partial charge in [0, 0.05) is 30.3 Å². The Morgan fingerprint density at radius 3 is 2.68 bits per heavy atom. The van der Waals surface area contributed by atoms with Crippen molar-refractivity contribution in [2.24, 2.45) is 0 Å². The van der Waals surface area contributed by atoms with Crippen LogP contribution < -0.4 is 14.8 Å². The van der Waals surface area contributed by atoms with Crippen LogP contribution in [0.15, 0.2) is 41.1 Å². The summed E-state index contributed by atoms with van der Waals surface area (Å²) < 4.78 is 56.7. The molecule has 178 valence electrons. The predicted molar refractivity (Wildman–Crippen MR) is 111 cm³/mol. The standard InChI is InChI=1S/C22H18ClF3N4O4/c1-20(25,26)12-4-14(7-27-6-12)33-19-30-29-18(34-19)21-9-22(10-21,11-21)28-17(31)8-32-13-2-3-15(23)16(24)5-13/h2-7H,8-11H2,1H3,(H,28,31). The number of nitrogens with one attached hydrogen (secondary N) is 1. The molecule has 3 aliphatic carbocycles. The van der Waals surface area contributed by atoms with Gasteiger partial charge in [-0.2, -0.15) is 0 Å². The van der Waals surface area contributed by atoms with Gasteiger partial charge in [0.1, 0.15) is 11.6 Å². The number of halogens is 4. The molecule has 2 bridgehead atoms. The highest BCUT2D eigenvalue weighted by molar-refractivity contribution is 6.30. The molecule has 0 atom stereocenters. The van der Waals surface area contributed by atoms with E-state index < -0.39 is 11.7 Å². The number of hydrogen-bond acceptors (Lipinski definition) is 7. The van der Waals surface area contributed by atoms with Gasteiger partial charge in [-0.15, -0.1) is 5.10 Å². The maximum atomic E-state index is 13.5. The van der Waals surface area contributed by atoms with Crippen molar-refractivity contribution in [1.29, 1.82) is 0 Å². The first-order valence-corrected chi connectivity index (χ1v) is 10.7. The van der Waals surface area contributed by atoms with Crippen LogP contribution in [0, 0.1) is 5.82 Å². The van der Waals surface area contributed by atoms with Crippen molar-refractivity contribution in [3.8, 4) is 17.6 Å². The lowest BCUT2D eigenvalue weighted by atomic mass is 9.39. The molecule has 34 heavy (non-hydrogen) atoms. The van der Waals surface area contributed by atoms with Gasteiger partial charge in [0.2, 0.25) is 5.89 Å². The van der Waals surface area contributed by atoms with E-state index in [2.05, 4.69) is 20.5 Å². The molecule has 3 aromatic rings. The molecule has 2 heterocycles. The fourth-order valence-electron chi connectivity index (χ4n) is 4.48. The van der Waals surface area contributed by atoms with Crippen molar-refractivity contribution in [2.45, 2.75) is 43.1 Å². The van der Waals surface area contributed by atoms with Crippen molar-refractivity contribution >= 4 is 17.5 Å².